The van der Waals surface area contributed by atoms with Gasteiger partial charge in [0.05, 0.1) is 16.2 Å². The molecule has 3 rings (SSSR count). The highest BCUT2D eigenvalue weighted by Crippen LogP contribution is 2.32. The van der Waals surface area contributed by atoms with E-state index in [1.807, 2.05) is 6.07 Å². The Morgan fingerprint density at radius 3 is 2.55 bits per heavy atom. The Labute approximate surface area is 140 Å². The molecule has 0 aliphatic rings. The molecule has 3 nitrogen and oxygen atoms in total. The van der Waals surface area contributed by atoms with Crippen molar-refractivity contribution in [1.29, 1.82) is 0 Å². The van der Waals surface area contributed by atoms with Crippen LogP contribution in [0.4, 0.5) is 4.39 Å². The maximum absolute atomic E-state index is 12.9. The van der Waals surface area contributed by atoms with Crippen molar-refractivity contribution in [1.82, 2.24) is 15.0 Å². The lowest BCUT2D eigenvalue weighted by molar-refractivity contribution is 0.621. The van der Waals surface area contributed by atoms with Crippen LogP contribution in [-0.2, 0) is 0 Å². The van der Waals surface area contributed by atoms with Gasteiger partial charge < -0.3 is 0 Å². The summed E-state index contributed by atoms with van der Waals surface area (Å²) in [6.07, 6.45) is 2.77. The normalized spacial score (nSPS) is 10.7. The molecule has 1 aromatic carbocycles. The molecule has 2 heterocycles. The van der Waals surface area contributed by atoms with Gasteiger partial charge in [-0.2, -0.15) is 0 Å². The van der Waals surface area contributed by atoms with E-state index in [-0.39, 0.29) is 0 Å². The van der Waals surface area contributed by atoms with Crippen LogP contribution < -0.4 is 0 Å². The minimum absolute atomic E-state index is 0.398. The molecule has 0 atom stereocenters. The lowest BCUT2D eigenvalue weighted by Gasteiger charge is -2.04. The van der Waals surface area contributed by atoms with Crippen LogP contribution in [-0.4, -0.2) is 15.0 Å². The maximum atomic E-state index is 12.9. The van der Waals surface area contributed by atoms with Gasteiger partial charge in [0, 0.05) is 11.1 Å². The van der Waals surface area contributed by atoms with Gasteiger partial charge in [-0.3, -0.25) is 0 Å². The third-order valence-electron chi connectivity index (χ3n) is 2.70. The molecule has 0 saturated heterocycles. The SMILES string of the molecule is Fc1ccc(-c2nccc(Sc3ccc(Cl)c(Cl)c3)n2)nc1. The Bertz CT molecular complexity index is 812. The zero-order valence-corrected chi connectivity index (χ0v) is 13.3. The molecule has 0 aliphatic carbocycles. The number of halogens is 3. The van der Waals surface area contributed by atoms with Crippen molar-refractivity contribution in [2.24, 2.45) is 0 Å². The molecule has 110 valence electrons. The summed E-state index contributed by atoms with van der Waals surface area (Å²) in [7, 11) is 0. The van der Waals surface area contributed by atoms with Crippen LogP contribution in [0.3, 0.4) is 0 Å². The molecule has 0 spiro atoms. The lowest BCUT2D eigenvalue weighted by Crippen LogP contribution is -1.93. The van der Waals surface area contributed by atoms with Crippen LogP contribution in [0.25, 0.3) is 11.5 Å². The monoisotopic (exact) mass is 351 g/mol. The van der Waals surface area contributed by atoms with Gasteiger partial charge in [-0.1, -0.05) is 35.0 Å². The van der Waals surface area contributed by atoms with Gasteiger partial charge in [-0.25, -0.2) is 19.3 Å². The third-order valence-corrected chi connectivity index (χ3v) is 4.37. The van der Waals surface area contributed by atoms with Crippen molar-refractivity contribution >= 4 is 35.0 Å². The summed E-state index contributed by atoms with van der Waals surface area (Å²) in [4.78, 5) is 13.4. The van der Waals surface area contributed by atoms with Crippen LogP contribution in [0, 0.1) is 5.82 Å². The molecule has 0 aliphatic heterocycles. The van der Waals surface area contributed by atoms with E-state index in [9.17, 15) is 4.39 Å². The number of benzene rings is 1. The molecular formula is C15H8Cl2FN3S. The molecule has 7 heteroatoms. The standard InChI is InChI=1S/C15H8Cl2FN3S/c16-11-3-2-10(7-12(11)17)22-14-5-6-19-15(21-14)13-4-1-9(18)8-20-13/h1-8H. The summed E-state index contributed by atoms with van der Waals surface area (Å²) in [6.45, 7) is 0. The van der Waals surface area contributed by atoms with Crippen LogP contribution in [0.1, 0.15) is 0 Å². The van der Waals surface area contributed by atoms with Crippen LogP contribution in [0.5, 0.6) is 0 Å². The smallest absolute Gasteiger partial charge is 0.179 e. The van der Waals surface area contributed by atoms with Crippen LogP contribution in [0.2, 0.25) is 10.0 Å². The topological polar surface area (TPSA) is 38.7 Å². The van der Waals surface area contributed by atoms with Crippen molar-refractivity contribution in [2.45, 2.75) is 9.92 Å². The highest BCUT2D eigenvalue weighted by Gasteiger charge is 2.07. The van der Waals surface area contributed by atoms with Crippen LogP contribution in [0.15, 0.2) is 58.7 Å². The van der Waals surface area contributed by atoms with E-state index in [0.717, 1.165) is 16.1 Å². The van der Waals surface area contributed by atoms with Crippen molar-refractivity contribution in [3.05, 3.63) is 64.7 Å². The van der Waals surface area contributed by atoms with E-state index < -0.39 is 5.82 Å². The zero-order chi connectivity index (χ0) is 15.5. The zero-order valence-electron chi connectivity index (χ0n) is 11.0. The Kier molecular flexibility index (Phi) is 4.57. The molecule has 0 fully saturated rings. The summed E-state index contributed by atoms with van der Waals surface area (Å²) in [5.74, 6) is 0.0372. The minimum Gasteiger partial charge on any atom is -0.250 e. The largest absolute Gasteiger partial charge is 0.250 e. The first-order valence-corrected chi connectivity index (χ1v) is 7.77. The average molecular weight is 352 g/mol. The van der Waals surface area contributed by atoms with E-state index in [2.05, 4.69) is 15.0 Å². The fraction of sp³-hybridized carbons (Fsp3) is 0. The fourth-order valence-corrected chi connectivity index (χ4v) is 2.87. The highest BCUT2D eigenvalue weighted by molar-refractivity contribution is 7.99. The minimum atomic E-state index is -0.398. The molecule has 0 amide bonds. The Balaban J connectivity index is 1.87. The quantitative estimate of drug-likeness (QED) is 0.612. The first kappa shape index (κ1) is 15.2. The van der Waals surface area contributed by atoms with E-state index in [1.165, 1.54) is 23.9 Å². The van der Waals surface area contributed by atoms with Gasteiger partial charge >= 0.3 is 0 Å². The Hall–Kier alpha value is -1.69. The Morgan fingerprint density at radius 1 is 0.955 bits per heavy atom. The number of nitrogens with zero attached hydrogens (tertiary/aromatic N) is 3. The maximum Gasteiger partial charge on any atom is 0.179 e. The number of hydrogen-bond donors (Lipinski definition) is 0. The second-order valence-corrected chi connectivity index (χ2v) is 6.17. The summed E-state index contributed by atoms with van der Waals surface area (Å²) >= 11 is 13.3. The fourth-order valence-electron chi connectivity index (χ4n) is 1.69. The number of hydrogen-bond acceptors (Lipinski definition) is 4. The molecule has 2 aromatic heterocycles. The molecule has 0 bridgehead atoms. The van der Waals surface area contributed by atoms with Gasteiger partial charge in [0.25, 0.3) is 0 Å². The van der Waals surface area contributed by atoms with E-state index in [0.29, 0.717) is 21.6 Å². The molecule has 22 heavy (non-hydrogen) atoms. The molecule has 0 radical (unpaired) electrons. The number of aromatic nitrogens is 3. The van der Waals surface area contributed by atoms with Gasteiger partial charge in [-0.15, -0.1) is 0 Å². The lowest BCUT2D eigenvalue weighted by atomic mass is 10.3. The summed E-state index contributed by atoms with van der Waals surface area (Å²) < 4.78 is 12.9. The second kappa shape index (κ2) is 6.60. The van der Waals surface area contributed by atoms with Gasteiger partial charge in [-0.05, 0) is 36.4 Å². The van der Waals surface area contributed by atoms with Crippen molar-refractivity contribution in [2.75, 3.05) is 0 Å². The van der Waals surface area contributed by atoms with Gasteiger partial charge in [0.2, 0.25) is 0 Å². The molecular weight excluding hydrogens is 344 g/mol. The molecule has 0 N–H and O–H groups in total. The summed E-state index contributed by atoms with van der Waals surface area (Å²) in [6, 6.07) is 10.0. The van der Waals surface area contributed by atoms with Crippen LogP contribution >= 0.6 is 35.0 Å². The van der Waals surface area contributed by atoms with E-state index in [4.69, 9.17) is 23.2 Å². The molecule has 3 aromatic rings. The third kappa shape index (κ3) is 3.55. The average Bonchev–Trinajstić information content (AvgIpc) is 2.52. The predicted octanol–water partition coefficient (Wildman–Crippen LogP) is 5.14. The van der Waals surface area contributed by atoms with Crippen molar-refractivity contribution < 1.29 is 4.39 Å². The molecule has 0 saturated carbocycles. The number of rotatable bonds is 3. The first-order valence-electron chi connectivity index (χ1n) is 6.20. The van der Waals surface area contributed by atoms with Crippen molar-refractivity contribution in [3.8, 4) is 11.5 Å². The first-order chi connectivity index (χ1) is 10.6. The number of pyridine rings is 1. The summed E-state index contributed by atoms with van der Waals surface area (Å²) in [5.41, 5.74) is 0.512. The van der Waals surface area contributed by atoms with Crippen molar-refractivity contribution in [3.63, 3.8) is 0 Å². The van der Waals surface area contributed by atoms with E-state index in [1.54, 1.807) is 24.4 Å². The second-order valence-electron chi connectivity index (χ2n) is 4.26. The highest BCUT2D eigenvalue weighted by atomic mass is 35.5. The predicted molar refractivity (Wildman–Crippen MR) is 85.8 cm³/mol. The van der Waals surface area contributed by atoms with E-state index >= 15 is 0 Å². The van der Waals surface area contributed by atoms with Gasteiger partial charge in [0.1, 0.15) is 16.5 Å². The Morgan fingerprint density at radius 2 is 1.82 bits per heavy atom. The summed E-state index contributed by atoms with van der Waals surface area (Å²) in [5, 5.41) is 1.72. The molecule has 0 unspecified atom stereocenters. The van der Waals surface area contributed by atoms with Gasteiger partial charge in [0.15, 0.2) is 5.82 Å².